The van der Waals surface area contributed by atoms with Crippen molar-refractivity contribution in [2.45, 2.75) is 13.3 Å². The third kappa shape index (κ3) is 2.79. The molecule has 0 atom stereocenters. The fourth-order valence-corrected chi connectivity index (χ4v) is 2.98. The van der Waals surface area contributed by atoms with Crippen molar-refractivity contribution in [2.24, 2.45) is 0 Å². The van der Waals surface area contributed by atoms with Gasteiger partial charge in [-0.2, -0.15) is 0 Å². The Hall–Kier alpha value is -1.71. The highest BCUT2D eigenvalue weighted by Crippen LogP contribution is 2.39. The summed E-state index contributed by atoms with van der Waals surface area (Å²) >= 11 is 12.1. The molecule has 0 saturated heterocycles. The van der Waals surface area contributed by atoms with E-state index in [0.717, 1.165) is 16.7 Å². The van der Waals surface area contributed by atoms with Gasteiger partial charge in [-0.25, -0.2) is 9.37 Å². The van der Waals surface area contributed by atoms with Crippen LogP contribution in [0.25, 0.3) is 11.1 Å². The van der Waals surface area contributed by atoms with E-state index in [1.54, 1.807) is 18.3 Å². The maximum atomic E-state index is 14.2. The van der Waals surface area contributed by atoms with Crippen LogP contribution in [0.15, 0.2) is 42.2 Å². The number of aromatic nitrogens is 2. The van der Waals surface area contributed by atoms with Crippen molar-refractivity contribution in [2.75, 3.05) is 0 Å². The predicted molar refractivity (Wildman–Crippen MR) is 87.9 cm³/mol. The van der Waals surface area contributed by atoms with Crippen LogP contribution in [0.1, 0.15) is 24.6 Å². The summed E-state index contributed by atoms with van der Waals surface area (Å²) in [6.45, 7) is 1.93. The molecule has 3 rings (SSSR count). The SMILES string of the molecule is CC1=C(c2c(F)cccc2Cl)C[CH]C=C1c1cncc(Cl)n1. The Bertz CT molecular complexity index is 777. The van der Waals surface area contributed by atoms with Crippen molar-refractivity contribution in [3.63, 3.8) is 0 Å². The third-order valence-corrected chi connectivity index (χ3v) is 4.11. The monoisotopic (exact) mass is 333 g/mol. The Balaban J connectivity index is 2.13. The molecule has 0 spiro atoms. The molecule has 0 N–H and O–H groups in total. The minimum Gasteiger partial charge on any atom is -0.259 e. The van der Waals surface area contributed by atoms with E-state index in [-0.39, 0.29) is 5.82 Å². The average molecular weight is 334 g/mol. The maximum Gasteiger partial charge on any atom is 0.148 e. The molecular formula is C17H12Cl2FN2. The van der Waals surface area contributed by atoms with Gasteiger partial charge in [0.1, 0.15) is 11.0 Å². The summed E-state index contributed by atoms with van der Waals surface area (Å²) in [5.74, 6) is -0.325. The molecular weight excluding hydrogens is 322 g/mol. The van der Waals surface area contributed by atoms with E-state index in [1.165, 1.54) is 12.3 Å². The summed E-state index contributed by atoms with van der Waals surface area (Å²) in [5.41, 5.74) is 3.74. The summed E-state index contributed by atoms with van der Waals surface area (Å²) in [5, 5.41) is 0.725. The number of halogens is 3. The first-order valence-electron chi connectivity index (χ1n) is 6.74. The van der Waals surface area contributed by atoms with E-state index < -0.39 is 0 Å². The molecule has 1 heterocycles. The lowest BCUT2D eigenvalue weighted by Gasteiger charge is -2.20. The van der Waals surface area contributed by atoms with Gasteiger partial charge in [0.05, 0.1) is 23.1 Å². The van der Waals surface area contributed by atoms with E-state index >= 15 is 0 Å². The Morgan fingerprint density at radius 2 is 2.00 bits per heavy atom. The summed E-state index contributed by atoms with van der Waals surface area (Å²) in [6, 6.07) is 4.71. The van der Waals surface area contributed by atoms with Gasteiger partial charge >= 0.3 is 0 Å². The van der Waals surface area contributed by atoms with Crippen LogP contribution in [-0.2, 0) is 0 Å². The molecule has 2 aromatic rings. The Morgan fingerprint density at radius 1 is 1.18 bits per heavy atom. The van der Waals surface area contributed by atoms with Crippen LogP contribution in [-0.4, -0.2) is 9.97 Å². The van der Waals surface area contributed by atoms with Gasteiger partial charge in [-0.15, -0.1) is 0 Å². The van der Waals surface area contributed by atoms with Crippen molar-refractivity contribution in [1.82, 2.24) is 9.97 Å². The lowest BCUT2D eigenvalue weighted by Crippen LogP contribution is -2.03. The van der Waals surface area contributed by atoms with Crippen molar-refractivity contribution in [3.8, 4) is 0 Å². The number of benzene rings is 1. The molecule has 0 saturated carbocycles. The maximum absolute atomic E-state index is 14.2. The third-order valence-electron chi connectivity index (χ3n) is 3.61. The first kappa shape index (κ1) is 15.2. The summed E-state index contributed by atoms with van der Waals surface area (Å²) < 4.78 is 14.2. The van der Waals surface area contributed by atoms with E-state index in [1.807, 2.05) is 19.4 Å². The zero-order valence-corrected chi connectivity index (χ0v) is 13.3. The highest BCUT2D eigenvalue weighted by atomic mass is 35.5. The van der Waals surface area contributed by atoms with Gasteiger partial charge in [-0.3, -0.25) is 4.98 Å². The molecule has 1 aliphatic carbocycles. The van der Waals surface area contributed by atoms with Crippen LogP contribution in [0.5, 0.6) is 0 Å². The average Bonchev–Trinajstić information content (AvgIpc) is 2.48. The van der Waals surface area contributed by atoms with E-state index in [9.17, 15) is 4.39 Å². The minimum absolute atomic E-state index is 0.322. The molecule has 0 unspecified atom stereocenters. The summed E-state index contributed by atoms with van der Waals surface area (Å²) in [7, 11) is 0. The lowest BCUT2D eigenvalue weighted by atomic mass is 9.86. The zero-order valence-electron chi connectivity index (χ0n) is 11.8. The fraction of sp³-hybridized carbons (Fsp3) is 0.118. The van der Waals surface area contributed by atoms with Crippen LogP contribution in [0.2, 0.25) is 10.2 Å². The van der Waals surface area contributed by atoms with Gasteiger partial charge in [0.15, 0.2) is 0 Å². The predicted octanol–water partition coefficient (Wildman–Crippen LogP) is 5.39. The van der Waals surface area contributed by atoms with Crippen LogP contribution < -0.4 is 0 Å². The minimum atomic E-state index is -0.325. The standard InChI is InChI=1S/C17H12Cl2FN2/c1-10-11(15-8-21-9-16(19)22-15)4-2-5-12(10)17-13(18)6-3-7-14(17)20/h2-4,6-9H,5H2,1H3. The van der Waals surface area contributed by atoms with Gasteiger partial charge in [0, 0.05) is 11.1 Å². The normalized spacial score (nSPS) is 15.0. The Kier molecular flexibility index (Phi) is 4.27. The number of hydrogen-bond acceptors (Lipinski definition) is 2. The molecule has 0 fully saturated rings. The molecule has 0 aliphatic heterocycles. The van der Waals surface area contributed by atoms with Gasteiger partial charge in [0.2, 0.25) is 0 Å². The first-order valence-corrected chi connectivity index (χ1v) is 7.49. The Labute approximate surface area is 138 Å². The van der Waals surface area contributed by atoms with Crippen molar-refractivity contribution in [3.05, 3.63) is 75.9 Å². The first-order chi connectivity index (χ1) is 10.6. The topological polar surface area (TPSA) is 25.8 Å². The lowest BCUT2D eigenvalue weighted by molar-refractivity contribution is 0.623. The van der Waals surface area contributed by atoms with E-state index in [4.69, 9.17) is 23.2 Å². The largest absolute Gasteiger partial charge is 0.259 e. The van der Waals surface area contributed by atoms with Gasteiger partial charge in [0.25, 0.3) is 0 Å². The molecule has 0 bridgehead atoms. The molecule has 0 amide bonds. The molecule has 5 heteroatoms. The van der Waals surface area contributed by atoms with Gasteiger partial charge < -0.3 is 0 Å². The van der Waals surface area contributed by atoms with Gasteiger partial charge in [-0.1, -0.05) is 35.3 Å². The highest BCUT2D eigenvalue weighted by Gasteiger charge is 2.20. The quantitative estimate of drug-likeness (QED) is 0.736. The molecule has 22 heavy (non-hydrogen) atoms. The zero-order chi connectivity index (χ0) is 15.7. The summed E-state index contributed by atoms with van der Waals surface area (Å²) in [4.78, 5) is 8.33. The van der Waals surface area contributed by atoms with E-state index in [0.29, 0.717) is 27.9 Å². The van der Waals surface area contributed by atoms with E-state index in [2.05, 4.69) is 9.97 Å². The molecule has 1 aliphatic rings. The number of allylic oxidation sites excluding steroid dienone is 4. The second kappa shape index (κ2) is 6.19. The van der Waals surface area contributed by atoms with Crippen LogP contribution in [0.3, 0.4) is 0 Å². The van der Waals surface area contributed by atoms with Crippen molar-refractivity contribution >= 4 is 34.3 Å². The summed E-state index contributed by atoms with van der Waals surface area (Å²) in [6.07, 6.45) is 7.65. The molecule has 1 aromatic heterocycles. The van der Waals surface area contributed by atoms with Crippen LogP contribution in [0, 0.1) is 12.2 Å². The van der Waals surface area contributed by atoms with Gasteiger partial charge in [-0.05, 0) is 43.0 Å². The number of rotatable bonds is 2. The second-order valence-electron chi connectivity index (χ2n) is 4.95. The van der Waals surface area contributed by atoms with Crippen LogP contribution >= 0.6 is 23.2 Å². The fourth-order valence-electron chi connectivity index (χ4n) is 2.56. The molecule has 1 radical (unpaired) electrons. The highest BCUT2D eigenvalue weighted by molar-refractivity contribution is 6.32. The smallest absolute Gasteiger partial charge is 0.148 e. The molecule has 111 valence electrons. The Morgan fingerprint density at radius 3 is 2.73 bits per heavy atom. The number of hydrogen-bond donors (Lipinski definition) is 0. The van der Waals surface area contributed by atoms with Crippen molar-refractivity contribution in [1.29, 1.82) is 0 Å². The van der Waals surface area contributed by atoms with Crippen LogP contribution in [0.4, 0.5) is 4.39 Å². The van der Waals surface area contributed by atoms with Crippen molar-refractivity contribution < 1.29 is 4.39 Å². The molecule has 2 nitrogen and oxygen atoms in total. The molecule has 1 aromatic carbocycles. The number of nitrogens with zero attached hydrogens (tertiary/aromatic N) is 2. The second-order valence-corrected chi connectivity index (χ2v) is 5.74.